The summed E-state index contributed by atoms with van der Waals surface area (Å²) >= 11 is 13.0. The number of ether oxygens (including phenoxy) is 1. The summed E-state index contributed by atoms with van der Waals surface area (Å²) in [5.41, 5.74) is 2.52. The molecule has 2 amide bonds. The fourth-order valence-electron chi connectivity index (χ4n) is 4.10. The minimum absolute atomic E-state index is 0.0650. The molecular weight excluding hydrogens is 507 g/mol. The third-order valence-corrected chi connectivity index (χ3v) is 6.69. The number of rotatable bonds is 11. The van der Waals surface area contributed by atoms with Crippen LogP contribution in [0.25, 0.3) is 0 Å². The van der Waals surface area contributed by atoms with Gasteiger partial charge in [-0.05, 0) is 49.1 Å². The molecule has 0 spiro atoms. The van der Waals surface area contributed by atoms with Gasteiger partial charge in [-0.3, -0.25) is 9.59 Å². The highest BCUT2D eigenvalue weighted by Crippen LogP contribution is 2.28. The Labute approximate surface area is 229 Å². The van der Waals surface area contributed by atoms with Crippen molar-refractivity contribution in [2.45, 2.75) is 58.7 Å². The molecule has 0 saturated carbocycles. The molecule has 0 aliphatic rings. The average molecular weight is 542 g/mol. The van der Waals surface area contributed by atoms with Crippen molar-refractivity contribution < 1.29 is 14.3 Å². The van der Waals surface area contributed by atoms with Crippen LogP contribution in [0.4, 0.5) is 0 Å². The van der Waals surface area contributed by atoms with Gasteiger partial charge in [0.2, 0.25) is 5.91 Å². The van der Waals surface area contributed by atoms with Gasteiger partial charge in [-0.2, -0.15) is 0 Å². The van der Waals surface area contributed by atoms with E-state index in [4.69, 9.17) is 27.9 Å². The molecule has 7 heteroatoms. The molecule has 1 N–H and O–H groups in total. The zero-order valence-corrected chi connectivity index (χ0v) is 23.2. The first-order valence-corrected chi connectivity index (χ1v) is 13.2. The number of halogens is 2. The van der Waals surface area contributed by atoms with Crippen LogP contribution in [0.5, 0.6) is 5.75 Å². The topological polar surface area (TPSA) is 58.6 Å². The predicted octanol–water partition coefficient (Wildman–Crippen LogP) is 6.66. The van der Waals surface area contributed by atoms with Crippen molar-refractivity contribution in [3.05, 3.63) is 99.5 Å². The van der Waals surface area contributed by atoms with Gasteiger partial charge in [-0.15, -0.1) is 0 Å². The Morgan fingerprint density at radius 1 is 0.865 bits per heavy atom. The Kier molecular flexibility index (Phi) is 10.4. The minimum Gasteiger partial charge on any atom is -0.483 e. The highest BCUT2D eigenvalue weighted by Gasteiger charge is 2.32. The van der Waals surface area contributed by atoms with E-state index in [1.165, 1.54) is 4.90 Å². The first kappa shape index (κ1) is 28.5. The summed E-state index contributed by atoms with van der Waals surface area (Å²) in [5, 5.41) is 3.83. The normalized spacial score (nSPS) is 11.9. The first-order valence-electron chi connectivity index (χ1n) is 12.5. The van der Waals surface area contributed by atoms with Crippen molar-refractivity contribution in [2.75, 3.05) is 6.61 Å². The number of carbonyl (C=O) groups is 2. The number of hydrogen-bond acceptors (Lipinski definition) is 3. The van der Waals surface area contributed by atoms with Crippen molar-refractivity contribution in [3.63, 3.8) is 0 Å². The van der Waals surface area contributed by atoms with Crippen LogP contribution in [0.3, 0.4) is 0 Å². The average Bonchev–Trinajstić information content (AvgIpc) is 2.86. The predicted molar refractivity (Wildman–Crippen MR) is 150 cm³/mol. The Hall–Kier alpha value is -3.02. The highest BCUT2D eigenvalue weighted by atomic mass is 35.5. The van der Waals surface area contributed by atoms with Crippen LogP contribution in [0.1, 0.15) is 50.3 Å². The van der Waals surface area contributed by atoms with E-state index in [2.05, 4.69) is 19.2 Å². The molecule has 0 saturated heterocycles. The number of nitrogens with one attached hydrogen (secondary N) is 1. The number of hydrogen-bond donors (Lipinski definition) is 1. The van der Waals surface area contributed by atoms with Gasteiger partial charge >= 0.3 is 0 Å². The van der Waals surface area contributed by atoms with Crippen LogP contribution in [0.2, 0.25) is 10.0 Å². The molecule has 0 bridgehead atoms. The van der Waals surface area contributed by atoms with Crippen LogP contribution in [0.15, 0.2) is 72.8 Å². The van der Waals surface area contributed by atoms with Crippen molar-refractivity contribution in [1.82, 2.24) is 10.2 Å². The standard InChI is InChI=1S/C30H34Cl2N2O3/c1-20(2)23-13-8-9-16-28(23)37-19-29(35)34(18-24-25(31)14-10-15-26(24)32)27(30(36)33-21(3)4)17-22-11-6-5-7-12-22/h5-16,20-21,27H,17-19H2,1-4H3,(H,33,36). The molecule has 0 aliphatic carbocycles. The van der Waals surface area contributed by atoms with Crippen LogP contribution in [-0.2, 0) is 22.6 Å². The lowest BCUT2D eigenvalue weighted by atomic mass is 10.0. The first-order chi connectivity index (χ1) is 17.7. The van der Waals surface area contributed by atoms with E-state index in [1.807, 2.05) is 68.4 Å². The number of nitrogens with zero attached hydrogens (tertiary/aromatic N) is 1. The van der Waals surface area contributed by atoms with Crippen LogP contribution in [-0.4, -0.2) is 35.4 Å². The Bertz CT molecular complexity index is 1180. The Morgan fingerprint density at radius 3 is 2.11 bits per heavy atom. The summed E-state index contributed by atoms with van der Waals surface area (Å²) in [7, 11) is 0. The monoisotopic (exact) mass is 540 g/mol. The second-order valence-electron chi connectivity index (χ2n) is 9.57. The summed E-state index contributed by atoms with van der Waals surface area (Å²) in [6.07, 6.45) is 0.329. The van der Waals surface area contributed by atoms with Gasteiger partial charge < -0.3 is 15.0 Å². The SMILES string of the molecule is CC(C)NC(=O)C(Cc1ccccc1)N(Cc1c(Cl)cccc1Cl)C(=O)COc1ccccc1C(C)C. The Balaban J connectivity index is 1.98. The number of carbonyl (C=O) groups excluding carboxylic acids is 2. The smallest absolute Gasteiger partial charge is 0.261 e. The quantitative estimate of drug-likeness (QED) is 0.295. The molecule has 3 aromatic rings. The van der Waals surface area contributed by atoms with Gasteiger partial charge in [0.15, 0.2) is 6.61 Å². The molecule has 1 unspecified atom stereocenters. The lowest BCUT2D eigenvalue weighted by molar-refractivity contribution is -0.143. The molecule has 3 aromatic carbocycles. The van der Waals surface area contributed by atoms with Gasteiger partial charge in [-0.1, -0.05) is 91.6 Å². The number of benzene rings is 3. The summed E-state index contributed by atoms with van der Waals surface area (Å²) < 4.78 is 6.01. The van der Waals surface area contributed by atoms with E-state index in [1.54, 1.807) is 18.2 Å². The van der Waals surface area contributed by atoms with Crippen molar-refractivity contribution >= 4 is 35.0 Å². The van der Waals surface area contributed by atoms with Crippen molar-refractivity contribution in [2.24, 2.45) is 0 Å². The molecule has 0 fully saturated rings. The third-order valence-electron chi connectivity index (χ3n) is 5.98. The molecule has 37 heavy (non-hydrogen) atoms. The molecule has 5 nitrogen and oxygen atoms in total. The fourth-order valence-corrected chi connectivity index (χ4v) is 4.62. The maximum Gasteiger partial charge on any atom is 0.261 e. The molecule has 0 radical (unpaired) electrons. The molecule has 1 atom stereocenters. The molecule has 0 heterocycles. The van der Waals surface area contributed by atoms with Gasteiger partial charge in [0.05, 0.1) is 0 Å². The summed E-state index contributed by atoms with van der Waals surface area (Å²) in [4.78, 5) is 28.8. The van der Waals surface area contributed by atoms with Crippen molar-refractivity contribution in [1.29, 1.82) is 0 Å². The van der Waals surface area contributed by atoms with Crippen LogP contribution in [0, 0.1) is 0 Å². The molecular formula is C30H34Cl2N2O3. The van der Waals surface area contributed by atoms with E-state index in [9.17, 15) is 9.59 Å². The van der Waals surface area contributed by atoms with Gasteiger partial charge in [0, 0.05) is 34.6 Å². The summed E-state index contributed by atoms with van der Waals surface area (Å²) in [6.45, 7) is 7.76. The molecule has 0 aliphatic heterocycles. The Morgan fingerprint density at radius 2 is 1.49 bits per heavy atom. The van der Waals surface area contributed by atoms with E-state index in [0.29, 0.717) is 27.8 Å². The summed E-state index contributed by atoms with van der Waals surface area (Å²) in [5.74, 6) is 0.284. The third kappa shape index (κ3) is 7.98. The minimum atomic E-state index is -0.798. The largest absolute Gasteiger partial charge is 0.483 e. The maximum absolute atomic E-state index is 13.8. The van der Waals surface area contributed by atoms with Crippen LogP contribution < -0.4 is 10.1 Å². The zero-order valence-electron chi connectivity index (χ0n) is 21.7. The second-order valence-corrected chi connectivity index (χ2v) is 10.4. The molecule has 0 aromatic heterocycles. The van der Waals surface area contributed by atoms with Gasteiger partial charge in [0.25, 0.3) is 5.91 Å². The van der Waals surface area contributed by atoms with E-state index >= 15 is 0 Å². The molecule has 3 rings (SSSR count). The summed E-state index contributed by atoms with van der Waals surface area (Å²) in [6, 6.07) is 21.6. The number of amides is 2. The zero-order chi connectivity index (χ0) is 26.9. The lowest BCUT2D eigenvalue weighted by Crippen LogP contribution is -2.53. The van der Waals surface area contributed by atoms with Gasteiger partial charge in [0.1, 0.15) is 11.8 Å². The highest BCUT2D eigenvalue weighted by molar-refractivity contribution is 6.36. The fraction of sp³-hybridized carbons (Fsp3) is 0.333. The van der Waals surface area contributed by atoms with E-state index in [-0.39, 0.29) is 36.9 Å². The van der Waals surface area contributed by atoms with E-state index < -0.39 is 6.04 Å². The lowest BCUT2D eigenvalue weighted by Gasteiger charge is -2.32. The van der Waals surface area contributed by atoms with E-state index in [0.717, 1.165) is 11.1 Å². The van der Waals surface area contributed by atoms with Crippen LogP contribution >= 0.6 is 23.2 Å². The second kappa shape index (κ2) is 13.5. The van der Waals surface area contributed by atoms with Crippen molar-refractivity contribution in [3.8, 4) is 5.75 Å². The van der Waals surface area contributed by atoms with Gasteiger partial charge in [-0.25, -0.2) is 0 Å². The number of para-hydroxylation sites is 1. The maximum atomic E-state index is 13.8. The molecule has 196 valence electrons.